The minimum absolute atomic E-state index is 0.602. The molecule has 23 heavy (non-hydrogen) atoms. The second kappa shape index (κ2) is 8.73. The number of aromatic nitrogens is 1. The van der Waals surface area contributed by atoms with E-state index in [1.54, 1.807) is 0 Å². The van der Waals surface area contributed by atoms with Gasteiger partial charge in [0.05, 0.1) is 18.9 Å². The van der Waals surface area contributed by atoms with Gasteiger partial charge >= 0.3 is 0 Å². The Morgan fingerprint density at radius 2 is 2.00 bits per heavy atom. The number of ether oxygens (including phenoxy) is 1. The standard InChI is InChI=1S/C18H30N4O/c1-16(22-10-12-23-13-11-22)14-20-17-5-8-21(9-6-17)15-18-4-2-3-7-19-18/h2-4,7,16-17,20H,5-6,8-15H2,1H3/t16-/m0/s1. The van der Waals surface area contributed by atoms with Crippen LogP contribution in [0, 0.1) is 0 Å². The Labute approximate surface area is 140 Å². The number of nitrogens with one attached hydrogen (secondary N) is 1. The Kier molecular flexibility index (Phi) is 6.39. The van der Waals surface area contributed by atoms with E-state index in [1.807, 2.05) is 12.3 Å². The van der Waals surface area contributed by atoms with Crippen molar-refractivity contribution in [2.24, 2.45) is 0 Å². The Bertz CT molecular complexity index is 442. The van der Waals surface area contributed by atoms with Crippen LogP contribution in [0.1, 0.15) is 25.5 Å². The highest BCUT2D eigenvalue weighted by atomic mass is 16.5. The third-order valence-electron chi connectivity index (χ3n) is 5.07. The molecule has 0 bridgehead atoms. The summed E-state index contributed by atoms with van der Waals surface area (Å²) in [6, 6.07) is 7.44. The Balaban J connectivity index is 1.34. The van der Waals surface area contributed by atoms with Crippen LogP contribution in [0.4, 0.5) is 0 Å². The molecule has 5 heteroatoms. The van der Waals surface area contributed by atoms with E-state index in [2.05, 4.69) is 39.2 Å². The first-order chi connectivity index (χ1) is 11.3. The molecule has 128 valence electrons. The van der Waals surface area contributed by atoms with Gasteiger partial charge in [-0.1, -0.05) is 6.07 Å². The van der Waals surface area contributed by atoms with Gasteiger partial charge in [-0.2, -0.15) is 0 Å². The van der Waals surface area contributed by atoms with Crippen LogP contribution in [-0.2, 0) is 11.3 Å². The Hall–Kier alpha value is -1.01. The van der Waals surface area contributed by atoms with Crippen LogP contribution in [0.15, 0.2) is 24.4 Å². The zero-order chi connectivity index (χ0) is 15.9. The molecule has 0 saturated carbocycles. The zero-order valence-electron chi connectivity index (χ0n) is 14.3. The van der Waals surface area contributed by atoms with Gasteiger partial charge < -0.3 is 10.1 Å². The van der Waals surface area contributed by atoms with Crippen LogP contribution in [-0.4, -0.2) is 72.8 Å². The predicted molar refractivity (Wildman–Crippen MR) is 92.4 cm³/mol. The van der Waals surface area contributed by atoms with Gasteiger partial charge in [0.2, 0.25) is 0 Å². The molecule has 3 rings (SSSR count). The minimum atomic E-state index is 0.602. The normalized spacial score (nSPS) is 23.0. The van der Waals surface area contributed by atoms with Crippen LogP contribution < -0.4 is 5.32 Å². The molecule has 2 aliphatic heterocycles. The van der Waals surface area contributed by atoms with Crippen LogP contribution >= 0.6 is 0 Å². The van der Waals surface area contributed by atoms with Crippen molar-refractivity contribution in [1.29, 1.82) is 0 Å². The van der Waals surface area contributed by atoms with Crippen molar-refractivity contribution in [3.05, 3.63) is 30.1 Å². The Morgan fingerprint density at radius 3 is 2.70 bits per heavy atom. The van der Waals surface area contributed by atoms with E-state index in [0.29, 0.717) is 12.1 Å². The summed E-state index contributed by atoms with van der Waals surface area (Å²) in [6.07, 6.45) is 4.36. The first-order valence-electron chi connectivity index (χ1n) is 8.99. The van der Waals surface area contributed by atoms with Gasteiger partial charge in [-0.05, 0) is 31.9 Å². The van der Waals surface area contributed by atoms with E-state index in [-0.39, 0.29) is 0 Å². The Morgan fingerprint density at radius 1 is 1.22 bits per heavy atom. The fourth-order valence-corrected chi connectivity index (χ4v) is 3.50. The molecule has 0 aromatic carbocycles. The van der Waals surface area contributed by atoms with Crippen molar-refractivity contribution >= 4 is 0 Å². The molecule has 0 unspecified atom stereocenters. The number of rotatable bonds is 6. The highest BCUT2D eigenvalue weighted by molar-refractivity contribution is 5.03. The molecule has 1 N–H and O–H groups in total. The number of likely N-dealkylation sites (tertiary alicyclic amines) is 1. The molecule has 2 fully saturated rings. The highest BCUT2D eigenvalue weighted by Gasteiger charge is 2.21. The van der Waals surface area contributed by atoms with Gasteiger partial charge in [-0.25, -0.2) is 0 Å². The van der Waals surface area contributed by atoms with Gasteiger partial charge in [0.1, 0.15) is 0 Å². The molecule has 1 atom stereocenters. The summed E-state index contributed by atoms with van der Waals surface area (Å²) in [4.78, 5) is 9.48. The van der Waals surface area contributed by atoms with Crippen molar-refractivity contribution in [2.45, 2.75) is 38.4 Å². The van der Waals surface area contributed by atoms with Crippen molar-refractivity contribution < 1.29 is 4.74 Å². The highest BCUT2D eigenvalue weighted by Crippen LogP contribution is 2.13. The van der Waals surface area contributed by atoms with Crippen LogP contribution in [0.5, 0.6) is 0 Å². The lowest BCUT2D eigenvalue weighted by molar-refractivity contribution is 0.0194. The molecule has 3 heterocycles. The zero-order valence-corrected chi connectivity index (χ0v) is 14.3. The maximum Gasteiger partial charge on any atom is 0.0594 e. The van der Waals surface area contributed by atoms with E-state index in [4.69, 9.17) is 4.74 Å². The molecule has 0 amide bonds. The third-order valence-corrected chi connectivity index (χ3v) is 5.07. The first kappa shape index (κ1) is 16.8. The molecular weight excluding hydrogens is 288 g/mol. The number of nitrogens with zero attached hydrogens (tertiary/aromatic N) is 3. The lowest BCUT2D eigenvalue weighted by atomic mass is 10.0. The van der Waals surface area contributed by atoms with Gasteiger partial charge in [0.25, 0.3) is 0 Å². The summed E-state index contributed by atoms with van der Waals surface area (Å²) in [5.74, 6) is 0. The molecule has 0 radical (unpaired) electrons. The van der Waals surface area contributed by atoms with Crippen molar-refractivity contribution in [1.82, 2.24) is 20.1 Å². The van der Waals surface area contributed by atoms with E-state index in [1.165, 1.54) is 31.6 Å². The SMILES string of the molecule is C[C@@H](CNC1CCN(Cc2ccccn2)CC1)N1CCOCC1. The van der Waals surface area contributed by atoms with E-state index >= 15 is 0 Å². The molecule has 2 aliphatic rings. The topological polar surface area (TPSA) is 40.6 Å². The quantitative estimate of drug-likeness (QED) is 0.857. The summed E-state index contributed by atoms with van der Waals surface area (Å²) in [6.45, 7) is 10.7. The van der Waals surface area contributed by atoms with Gasteiger partial charge in [0, 0.05) is 57.5 Å². The molecule has 0 spiro atoms. The summed E-state index contributed by atoms with van der Waals surface area (Å²) >= 11 is 0. The number of hydrogen-bond donors (Lipinski definition) is 1. The smallest absolute Gasteiger partial charge is 0.0594 e. The largest absolute Gasteiger partial charge is 0.379 e. The number of hydrogen-bond acceptors (Lipinski definition) is 5. The second-order valence-electron chi connectivity index (χ2n) is 6.78. The lowest BCUT2D eigenvalue weighted by Gasteiger charge is -2.35. The van der Waals surface area contributed by atoms with Gasteiger partial charge in [-0.15, -0.1) is 0 Å². The van der Waals surface area contributed by atoms with Crippen molar-refractivity contribution in [3.63, 3.8) is 0 Å². The van der Waals surface area contributed by atoms with Crippen molar-refractivity contribution in [2.75, 3.05) is 45.9 Å². The van der Waals surface area contributed by atoms with Crippen LogP contribution in [0.25, 0.3) is 0 Å². The second-order valence-corrected chi connectivity index (χ2v) is 6.78. The number of morpholine rings is 1. The summed E-state index contributed by atoms with van der Waals surface area (Å²) in [7, 11) is 0. The minimum Gasteiger partial charge on any atom is -0.379 e. The average molecular weight is 318 g/mol. The van der Waals surface area contributed by atoms with Gasteiger partial charge in [-0.3, -0.25) is 14.8 Å². The fraction of sp³-hybridized carbons (Fsp3) is 0.722. The molecule has 1 aromatic rings. The van der Waals surface area contributed by atoms with E-state index in [0.717, 1.165) is 39.4 Å². The monoisotopic (exact) mass is 318 g/mol. The maximum absolute atomic E-state index is 5.43. The van der Waals surface area contributed by atoms with Gasteiger partial charge in [0.15, 0.2) is 0 Å². The molecule has 0 aliphatic carbocycles. The van der Waals surface area contributed by atoms with Crippen LogP contribution in [0.2, 0.25) is 0 Å². The average Bonchev–Trinajstić information content (AvgIpc) is 2.62. The number of pyridine rings is 1. The molecular formula is C18H30N4O. The summed E-state index contributed by atoms with van der Waals surface area (Å²) in [5, 5.41) is 3.78. The van der Waals surface area contributed by atoms with Crippen LogP contribution in [0.3, 0.4) is 0 Å². The lowest BCUT2D eigenvalue weighted by Crippen LogP contribution is -2.49. The van der Waals surface area contributed by atoms with E-state index < -0.39 is 0 Å². The summed E-state index contributed by atoms with van der Waals surface area (Å²) in [5.41, 5.74) is 1.18. The molecule has 5 nitrogen and oxygen atoms in total. The van der Waals surface area contributed by atoms with Crippen molar-refractivity contribution in [3.8, 4) is 0 Å². The van der Waals surface area contributed by atoms with E-state index in [9.17, 15) is 0 Å². The fourth-order valence-electron chi connectivity index (χ4n) is 3.50. The molecule has 1 aromatic heterocycles. The molecule has 2 saturated heterocycles. The number of piperidine rings is 1. The predicted octanol–water partition coefficient (Wildman–Crippen LogP) is 1.36. The third kappa shape index (κ3) is 5.24. The maximum atomic E-state index is 5.43. The first-order valence-corrected chi connectivity index (χ1v) is 8.99. The summed E-state index contributed by atoms with van der Waals surface area (Å²) < 4.78 is 5.43.